The molecule has 0 saturated heterocycles. The first-order valence-electron chi connectivity index (χ1n) is 11.4. The van der Waals surface area contributed by atoms with Crippen LogP contribution in [-0.2, 0) is 7.05 Å². The Hall–Kier alpha value is -3.98. The molecule has 0 radical (unpaired) electrons. The summed E-state index contributed by atoms with van der Waals surface area (Å²) in [4.78, 5) is 4.82. The molecule has 0 saturated carbocycles. The van der Waals surface area contributed by atoms with Gasteiger partial charge in [-0.05, 0) is 67.2 Å². The van der Waals surface area contributed by atoms with Crippen molar-refractivity contribution in [1.82, 2.24) is 9.55 Å². The number of hydrogen-bond donors (Lipinski definition) is 0. The molecular formula is C30H26N3+. The summed E-state index contributed by atoms with van der Waals surface area (Å²) >= 11 is 0. The number of aryl methyl sites for hydroxylation is 3. The number of rotatable bonds is 2. The summed E-state index contributed by atoms with van der Waals surface area (Å²) in [5.74, 6) is 0. The number of aromatic nitrogens is 3. The monoisotopic (exact) mass is 428 g/mol. The molecule has 3 heteroatoms. The Bertz CT molecular complexity index is 1650. The van der Waals surface area contributed by atoms with Crippen molar-refractivity contribution in [3.63, 3.8) is 0 Å². The molecule has 0 aliphatic rings. The van der Waals surface area contributed by atoms with Gasteiger partial charge in [-0.15, -0.1) is 0 Å². The van der Waals surface area contributed by atoms with Gasteiger partial charge in [0.15, 0.2) is 0 Å². The topological polar surface area (TPSA) is 21.7 Å². The smallest absolute Gasteiger partial charge is 0.308 e. The highest BCUT2D eigenvalue weighted by Gasteiger charge is 2.22. The van der Waals surface area contributed by atoms with E-state index >= 15 is 0 Å². The van der Waals surface area contributed by atoms with E-state index in [1.807, 2.05) is 12.3 Å². The molecule has 0 unspecified atom stereocenters. The van der Waals surface area contributed by atoms with Gasteiger partial charge in [0.05, 0.1) is 29.2 Å². The van der Waals surface area contributed by atoms with Gasteiger partial charge < -0.3 is 4.57 Å². The zero-order chi connectivity index (χ0) is 22.7. The van der Waals surface area contributed by atoms with Crippen molar-refractivity contribution >= 4 is 32.8 Å². The number of para-hydroxylation sites is 2. The Balaban J connectivity index is 1.80. The molecule has 0 spiro atoms. The molecule has 33 heavy (non-hydrogen) atoms. The second-order valence-corrected chi connectivity index (χ2v) is 8.97. The fraction of sp³-hybridized carbons (Fsp3) is 0.133. The molecule has 0 bridgehead atoms. The summed E-state index contributed by atoms with van der Waals surface area (Å²) in [5, 5.41) is 3.67. The van der Waals surface area contributed by atoms with Crippen LogP contribution < -0.4 is 4.57 Å². The minimum absolute atomic E-state index is 0.977. The van der Waals surface area contributed by atoms with E-state index in [9.17, 15) is 0 Å². The summed E-state index contributed by atoms with van der Waals surface area (Å²) in [7, 11) is 2.12. The van der Waals surface area contributed by atoms with Crippen molar-refractivity contribution in [2.45, 2.75) is 20.8 Å². The molecule has 0 aliphatic heterocycles. The lowest BCUT2D eigenvalue weighted by Gasteiger charge is -2.16. The van der Waals surface area contributed by atoms with Crippen molar-refractivity contribution in [2.24, 2.45) is 7.05 Å². The fourth-order valence-electron chi connectivity index (χ4n) is 5.21. The molecular weight excluding hydrogens is 402 g/mol. The van der Waals surface area contributed by atoms with Crippen molar-refractivity contribution in [2.75, 3.05) is 0 Å². The van der Waals surface area contributed by atoms with Crippen molar-refractivity contribution in [3.8, 4) is 16.9 Å². The molecule has 6 rings (SSSR count). The van der Waals surface area contributed by atoms with Gasteiger partial charge in [-0.1, -0.05) is 48.0 Å². The van der Waals surface area contributed by atoms with Crippen LogP contribution in [0.25, 0.3) is 49.8 Å². The van der Waals surface area contributed by atoms with E-state index in [-0.39, 0.29) is 0 Å². The molecule has 3 aromatic carbocycles. The van der Waals surface area contributed by atoms with E-state index in [2.05, 4.69) is 110 Å². The maximum atomic E-state index is 4.82. The maximum absolute atomic E-state index is 4.82. The van der Waals surface area contributed by atoms with E-state index < -0.39 is 0 Å². The van der Waals surface area contributed by atoms with Crippen LogP contribution in [0.2, 0.25) is 0 Å². The molecule has 0 atom stereocenters. The zero-order valence-electron chi connectivity index (χ0n) is 19.4. The molecule has 6 aromatic rings. The van der Waals surface area contributed by atoms with E-state index in [4.69, 9.17) is 4.98 Å². The van der Waals surface area contributed by atoms with Gasteiger partial charge in [-0.25, -0.2) is 4.57 Å². The average Bonchev–Trinajstić information content (AvgIpc) is 3.17. The number of fused-ring (bicyclic) bond motifs is 4. The predicted octanol–water partition coefficient (Wildman–Crippen LogP) is 6.75. The quantitative estimate of drug-likeness (QED) is 0.280. The molecule has 0 aliphatic carbocycles. The third-order valence-electron chi connectivity index (χ3n) is 6.92. The highest BCUT2D eigenvalue weighted by molar-refractivity contribution is 6.10. The van der Waals surface area contributed by atoms with E-state index in [1.165, 1.54) is 49.8 Å². The SMILES string of the molecule is Cc1cc(C)c(C)c(-c2cc(-n3c4ccccc4c4ccccc43)c3cccnc3[n+]2C)c1. The van der Waals surface area contributed by atoms with Crippen molar-refractivity contribution < 1.29 is 4.57 Å². The molecule has 3 heterocycles. The summed E-state index contributed by atoms with van der Waals surface area (Å²) < 4.78 is 4.63. The van der Waals surface area contributed by atoms with Crippen molar-refractivity contribution in [1.29, 1.82) is 0 Å². The molecule has 160 valence electrons. The Morgan fingerprint density at radius 3 is 2.06 bits per heavy atom. The lowest BCUT2D eigenvalue weighted by Crippen LogP contribution is -2.33. The number of hydrogen-bond acceptors (Lipinski definition) is 1. The van der Waals surface area contributed by atoms with E-state index in [0.29, 0.717) is 0 Å². The molecule has 3 nitrogen and oxygen atoms in total. The lowest BCUT2D eigenvalue weighted by molar-refractivity contribution is -0.635. The molecule has 0 amide bonds. The summed E-state index contributed by atoms with van der Waals surface area (Å²) in [6.07, 6.45) is 1.89. The van der Waals surface area contributed by atoms with Gasteiger partial charge in [0.2, 0.25) is 0 Å². The van der Waals surface area contributed by atoms with E-state index in [1.54, 1.807) is 0 Å². The highest BCUT2D eigenvalue weighted by atomic mass is 15.0. The van der Waals surface area contributed by atoms with Gasteiger partial charge in [-0.3, -0.25) is 0 Å². The first-order valence-corrected chi connectivity index (χ1v) is 11.4. The predicted molar refractivity (Wildman–Crippen MR) is 137 cm³/mol. The number of pyridine rings is 2. The first-order chi connectivity index (χ1) is 16.0. The van der Waals surface area contributed by atoms with Gasteiger partial charge in [0.1, 0.15) is 11.9 Å². The van der Waals surface area contributed by atoms with Crippen LogP contribution in [0.4, 0.5) is 0 Å². The molecule has 0 N–H and O–H groups in total. The molecule has 3 aromatic heterocycles. The minimum atomic E-state index is 0.977. The average molecular weight is 429 g/mol. The highest BCUT2D eigenvalue weighted by Crippen LogP contribution is 2.35. The minimum Gasteiger partial charge on any atom is -0.308 e. The second-order valence-electron chi connectivity index (χ2n) is 8.97. The fourth-order valence-corrected chi connectivity index (χ4v) is 5.21. The van der Waals surface area contributed by atoms with E-state index in [0.717, 1.165) is 16.7 Å². The van der Waals surface area contributed by atoms with Crippen LogP contribution in [0.3, 0.4) is 0 Å². The zero-order valence-corrected chi connectivity index (χ0v) is 19.4. The summed E-state index contributed by atoms with van der Waals surface area (Å²) in [5.41, 5.74) is 10.9. The second kappa shape index (κ2) is 7.28. The number of nitrogens with zero attached hydrogens (tertiary/aromatic N) is 3. The maximum Gasteiger partial charge on any atom is 0.332 e. The molecule has 0 fully saturated rings. The van der Waals surface area contributed by atoms with Crippen LogP contribution in [0.5, 0.6) is 0 Å². The van der Waals surface area contributed by atoms with Crippen molar-refractivity contribution in [3.05, 3.63) is 102 Å². The summed E-state index contributed by atoms with van der Waals surface area (Å²) in [6.45, 7) is 6.58. The van der Waals surface area contributed by atoms with Crippen LogP contribution in [-0.4, -0.2) is 9.55 Å². The Morgan fingerprint density at radius 1 is 0.727 bits per heavy atom. The Kier molecular flexibility index (Phi) is 4.34. The lowest BCUT2D eigenvalue weighted by atomic mass is 9.96. The van der Waals surface area contributed by atoms with Gasteiger partial charge in [-0.2, -0.15) is 0 Å². The van der Waals surface area contributed by atoms with Crippen LogP contribution in [0, 0.1) is 20.8 Å². The van der Waals surface area contributed by atoms with Crippen LogP contribution in [0.15, 0.2) is 85.1 Å². The van der Waals surface area contributed by atoms with Crippen LogP contribution in [0.1, 0.15) is 16.7 Å². The Morgan fingerprint density at radius 2 is 1.36 bits per heavy atom. The normalized spacial score (nSPS) is 11.6. The van der Waals surface area contributed by atoms with Gasteiger partial charge in [0.25, 0.3) is 0 Å². The first kappa shape index (κ1) is 19.7. The number of benzene rings is 3. The third kappa shape index (κ3) is 2.89. The standard InChI is InChI=1S/C30H26N3/c1-19-16-20(2)21(3)25(17-19)28-18-29(24-12-9-15-31-30(24)32(28)4)33-26-13-7-5-10-22(26)23-11-6-8-14-27(23)33/h5-18H,1-4H3/q+1. The third-order valence-corrected chi connectivity index (χ3v) is 6.92. The largest absolute Gasteiger partial charge is 0.332 e. The van der Waals surface area contributed by atoms with Crippen LogP contribution >= 0.6 is 0 Å². The van der Waals surface area contributed by atoms with Gasteiger partial charge >= 0.3 is 5.65 Å². The van der Waals surface area contributed by atoms with Gasteiger partial charge in [0, 0.05) is 22.4 Å². The summed E-state index contributed by atoms with van der Waals surface area (Å²) in [6, 6.07) is 28.4. The Labute approximate surface area is 193 Å².